The van der Waals surface area contributed by atoms with Gasteiger partial charge in [0.1, 0.15) is 16.7 Å². The first-order valence-corrected chi connectivity index (χ1v) is 11.5. The molecular formula is C28H20N6O3. The lowest BCUT2D eigenvalue weighted by Gasteiger charge is -2.09. The Kier molecular flexibility index (Phi) is 5.30. The number of carbonyl (C=O) groups excluding carboxylic acids is 1. The third kappa shape index (κ3) is 3.73. The monoisotopic (exact) mass is 488 g/mol. The number of carbonyl (C=O) groups is 1. The maximum Gasteiger partial charge on any atom is 0.337 e. The van der Waals surface area contributed by atoms with Crippen LogP contribution in [-0.4, -0.2) is 43.5 Å². The van der Waals surface area contributed by atoms with Crippen molar-refractivity contribution in [2.75, 3.05) is 7.11 Å². The summed E-state index contributed by atoms with van der Waals surface area (Å²) < 4.78 is 7.87. The van der Waals surface area contributed by atoms with Gasteiger partial charge in [0.15, 0.2) is 11.3 Å². The van der Waals surface area contributed by atoms with Gasteiger partial charge in [-0.2, -0.15) is 9.78 Å². The Labute approximate surface area is 210 Å². The average Bonchev–Trinajstić information content (AvgIpc) is 3.23. The number of aromatic nitrogens is 5. The number of methoxy groups -OCH3 is 1. The van der Waals surface area contributed by atoms with Gasteiger partial charge in [-0.3, -0.25) is 9.36 Å². The largest absolute Gasteiger partial charge is 0.465 e. The summed E-state index contributed by atoms with van der Waals surface area (Å²) in [6.07, 6.45) is 1.62. The average molecular weight is 489 g/mol. The number of ether oxygens (including phenoxy) is 1. The van der Waals surface area contributed by atoms with E-state index in [0.717, 1.165) is 5.56 Å². The van der Waals surface area contributed by atoms with E-state index in [9.17, 15) is 9.59 Å². The molecule has 180 valence electrons. The summed E-state index contributed by atoms with van der Waals surface area (Å²) in [4.78, 5) is 40.0. The van der Waals surface area contributed by atoms with Crippen LogP contribution in [-0.2, 0) is 4.74 Å². The molecule has 0 N–H and O–H groups in total. The summed E-state index contributed by atoms with van der Waals surface area (Å²) in [5.41, 5.74) is 4.20. The Morgan fingerprint density at radius 2 is 1.54 bits per heavy atom. The maximum absolute atomic E-state index is 13.9. The summed E-state index contributed by atoms with van der Waals surface area (Å²) in [6, 6.07) is 23.7. The zero-order chi connectivity index (χ0) is 25.5. The number of esters is 1. The maximum atomic E-state index is 13.9. The quantitative estimate of drug-likeness (QED) is 0.271. The number of hydrogen-bond acceptors (Lipinski definition) is 7. The fourth-order valence-electron chi connectivity index (χ4n) is 4.32. The molecule has 9 nitrogen and oxygen atoms in total. The molecule has 0 saturated heterocycles. The van der Waals surface area contributed by atoms with Crippen LogP contribution in [0.15, 0.2) is 88.8 Å². The van der Waals surface area contributed by atoms with Gasteiger partial charge in [0.05, 0.1) is 35.6 Å². The second-order valence-electron chi connectivity index (χ2n) is 8.39. The lowest BCUT2D eigenvalue weighted by Crippen LogP contribution is -2.22. The van der Waals surface area contributed by atoms with Gasteiger partial charge < -0.3 is 4.74 Å². The van der Waals surface area contributed by atoms with Crippen LogP contribution in [0.4, 0.5) is 0 Å². The van der Waals surface area contributed by atoms with Gasteiger partial charge in [-0.15, -0.1) is 0 Å². The van der Waals surface area contributed by atoms with Crippen LogP contribution in [0, 0.1) is 6.92 Å². The second-order valence-corrected chi connectivity index (χ2v) is 8.39. The van der Waals surface area contributed by atoms with Crippen LogP contribution >= 0.6 is 0 Å². The van der Waals surface area contributed by atoms with E-state index >= 15 is 0 Å². The zero-order valence-corrected chi connectivity index (χ0v) is 20.0. The second kappa shape index (κ2) is 8.80. The number of rotatable bonds is 4. The summed E-state index contributed by atoms with van der Waals surface area (Å²) >= 11 is 0. The van der Waals surface area contributed by atoms with Crippen LogP contribution in [0.1, 0.15) is 21.7 Å². The number of aryl methyl sites for hydroxylation is 1. The van der Waals surface area contributed by atoms with E-state index in [4.69, 9.17) is 19.7 Å². The molecule has 37 heavy (non-hydrogen) atoms. The predicted molar refractivity (Wildman–Crippen MR) is 141 cm³/mol. The van der Waals surface area contributed by atoms with Crippen molar-refractivity contribution < 1.29 is 9.53 Å². The van der Waals surface area contributed by atoms with Crippen LogP contribution in [0.2, 0.25) is 0 Å². The molecule has 0 atom stereocenters. The Morgan fingerprint density at radius 3 is 2.24 bits per heavy atom. The van der Waals surface area contributed by atoms with Crippen LogP contribution < -0.4 is 5.56 Å². The standard InChI is InChI=1S/C28H20N6O3/c1-17-30-25-23(27(35)33(17)20-8-4-3-5-9-20)24-26(32-22-11-7-6-10-21(22)31-24)34(25)29-16-18-12-14-19(15-13-18)28(36)37-2/h3-16H,1-2H3/b29-16-. The predicted octanol–water partition coefficient (Wildman–Crippen LogP) is 4.26. The topological polar surface area (TPSA) is 104 Å². The first-order valence-electron chi connectivity index (χ1n) is 11.5. The molecule has 0 bridgehead atoms. The van der Waals surface area contributed by atoms with E-state index in [1.165, 1.54) is 7.11 Å². The summed E-state index contributed by atoms with van der Waals surface area (Å²) in [7, 11) is 1.34. The van der Waals surface area contributed by atoms with Crippen molar-refractivity contribution in [2.24, 2.45) is 5.10 Å². The Bertz CT molecular complexity index is 1910. The summed E-state index contributed by atoms with van der Waals surface area (Å²) in [5.74, 6) is 0.0948. The Balaban J connectivity index is 1.61. The minimum absolute atomic E-state index is 0.250. The van der Waals surface area contributed by atoms with E-state index in [2.05, 4.69) is 5.10 Å². The molecule has 9 heteroatoms. The van der Waals surface area contributed by atoms with Gasteiger partial charge in [0, 0.05) is 0 Å². The number of hydrogen-bond donors (Lipinski definition) is 0. The van der Waals surface area contributed by atoms with Crippen molar-refractivity contribution in [3.63, 3.8) is 0 Å². The highest BCUT2D eigenvalue weighted by molar-refractivity contribution is 6.05. The minimum atomic E-state index is -0.414. The van der Waals surface area contributed by atoms with E-state index < -0.39 is 5.97 Å². The van der Waals surface area contributed by atoms with E-state index in [-0.39, 0.29) is 5.56 Å². The highest BCUT2D eigenvalue weighted by Gasteiger charge is 2.21. The molecule has 0 aliphatic rings. The number of benzene rings is 3. The molecule has 0 fully saturated rings. The first-order chi connectivity index (χ1) is 18.0. The summed E-state index contributed by atoms with van der Waals surface area (Å²) in [6.45, 7) is 1.78. The van der Waals surface area contributed by atoms with Gasteiger partial charge >= 0.3 is 5.97 Å². The minimum Gasteiger partial charge on any atom is -0.465 e. The Hall–Kier alpha value is -5.18. The van der Waals surface area contributed by atoms with E-state index in [1.54, 1.807) is 46.6 Å². The molecule has 3 aromatic heterocycles. The number of fused-ring (bicyclic) bond motifs is 4. The molecule has 0 spiro atoms. The van der Waals surface area contributed by atoms with Gasteiger partial charge in [-0.05, 0) is 48.9 Å². The highest BCUT2D eigenvalue weighted by Crippen LogP contribution is 2.26. The molecule has 0 aliphatic carbocycles. The molecule has 0 unspecified atom stereocenters. The van der Waals surface area contributed by atoms with Crippen LogP contribution in [0.25, 0.3) is 38.9 Å². The molecule has 3 aromatic carbocycles. The lowest BCUT2D eigenvalue weighted by molar-refractivity contribution is 0.0600. The van der Waals surface area contributed by atoms with Crippen molar-refractivity contribution in [3.8, 4) is 5.69 Å². The normalized spacial score (nSPS) is 11.6. The van der Waals surface area contributed by atoms with Crippen molar-refractivity contribution in [3.05, 3.63) is 106 Å². The van der Waals surface area contributed by atoms with Crippen molar-refractivity contribution in [1.29, 1.82) is 0 Å². The van der Waals surface area contributed by atoms with Crippen LogP contribution in [0.3, 0.4) is 0 Å². The molecular weight excluding hydrogens is 468 g/mol. The Morgan fingerprint density at radius 1 is 0.865 bits per heavy atom. The van der Waals surface area contributed by atoms with Crippen LogP contribution in [0.5, 0.6) is 0 Å². The summed E-state index contributed by atoms with van der Waals surface area (Å²) in [5, 5.41) is 4.98. The van der Waals surface area contributed by atoms with Gasteiger partial charge in [-0.25, -0.2) is 19.7 Å². The molecule has 6 aromatic rings. The fraction of sp³-hybridized carbons (Fsp3) is 0.0714. The molecule has 0 saturated carbocycles. The molecule has 0 aliphatic heterocycles. The lowest BCUT2D eigenvalue weighted by atomic mass is 10.1. The fourth-order valence-corrected chi connectivity index (χ4v) is 4.32. The zero-order valence-electron chi connectivity index (χ0n) is 20.0. The number of nitrogens with zero attached hydrogens (tertiary/aromatic N) is 6. The van der Waals surface area contributed by atoms with Crippen molar-refractivity contribution >= 4 is 45.4 Å². The van der Waals surface area contributed by atoms with Gasteiger partial charge in [0.2, 0.25) is 0 Å². The van der Waals surface area contributed by atoms with Crippen molar-refractivity contribution in [2.45, 2.75) is 6.92 Å². The molecule has 3 heterocycles. The third-order valence-electron chi connectivity index (χ3n) is 6.09. The van der Waals surface area contributed by atoms with Gasteiger partial charge in [0.25, 0.3) is 5.56 Å². The van der Waals surface area contributed by atoms with E-state index in [1.807, 2.05) is 54.6 Å². The van der Waals surface area contributed by atoms with Crippen molar-refractivity contribution in [1.82, 2.24) is 24.2 Å². The smallest absolute Gasteiger partial charge is 0.337 e. The van der Waals surface area contributed by atoms with E-state index in [0.29, 0.717) is 50.3 Å². The molecule has 6 rings (SSSR count). The molecule has 0 radical (unpaired) electrons. The number of para-hydroxylation sites is 3. The molecule has 0 amide bonds. The first kappa shape index (κ1) is 22.3. The van der Waals surface area contributed by atoms with Gasteiger partial charge in [-0.1, -0.05) is 42.5 Å². The third-order valence-corrected chi connectivity index (χ3v) is 6.09. The SMILES string of the molecule is COC(=O)c1ccc(/C=N\n2c3nc4ccccc4nc3c3c(=O)n(-c4ccccc4)c(C)nc32)cc1. The highest BCUT2D eigenvalue weighted by atomic mass is 16.5.